The van der Waals surface area contributed by atoms with Crippen LogP contribution in [-0.2, 0) is 9.84 Å². The van der Waals surface area contributed by atoms with Gasteiger partial charge in [0.15, 0.2) is 9.84 Å². The molecular formula is C18H15F3N2O2S. The van der Waals surface area contributed by atoms with E-state index >= 15 is 0 Å². The van der Waals surface area contributed by atoms with Gasteiger partial charge in [0, 0.05) is 29.3 Å². The number of hydrogen-bond donors (Lipinski definition) is 1. The fraction of sp³-hybridized carbons (Fsp3) is 0.167. The number of nitrogens with two attached hydrogens (primary N) is 1. The number of rotatable bonds is 3. The SMILES string of the molecule is CC(N)c1nc2ccc(F)cc2c(S(C)(=O)=O)c1-c1cc(F)cc(F)c1. The first-order valence-corrected chi connectivity index (χ1v) is 9.52. The molecule has 136 valence electrons. The molecule has 0 radical (unpaired) electrons. The van der Waals surface area contributed by atoms with E-state index in [-0.39, 0.29) is 32.6 Å². The minimum Gasteiger partial charge on any atom is -0.323 e. The average molecular weight is 380 g/mol. The van der Waals surface area contributed by atoms with Gasteiger partial charge in [0.25, 0.3) is 0 Å². The second-order valence-electron chi connectivity index (χ2n) is 6.08. The van der Waals surface area contributed by atoms with E-state index in [4.69, 9.17) is 5.73 Å². The van der Waals surface area contributed by atoms with Gasteiger partial charge in [0.05, 0.1) is 16.1 Å². The lowest BCUT2D eigenvalue weighted by Crippen LogP contribution is -2.13. The molecule has 1 atom stereocenters. The van der Waals surface area contributed by atoms with Crippen molar-refractivity contribution >= 4 is 20.7 Å². The van der Waals surface area contributed by atoms with Crippen molar-refractivity contribution in [3.05, 3.63) is 59.5 Å². The van der Waals surface area contributed by atoms with Gasteiger partial charge in [-0.1, -0.05) is 0 Å². The van der Waals surface area contributed by atoms with E-state index in [1.807, 2.05) is 0 Å². The summed E-state index contributed by atoms with van der Waals surface area (Å²) in [5, 5.41) is 0.0246. The average Bonchev–Trinajstić information content (AvgIpc) is 2.50. The third-order valence-electron chi connectivity index (χ3n) is 3.88. The first-order valence-electron chi connectivity index (χ1n) is 7.63. The predicted octanol–water partition coefficient (Wildman–Crippen LogP) is 3.74. The molecule has 0 saturated heterocycles. The third kappa shape index (κ3) is 3.30. The number of nitrogens with zero attached hydrogens (tertiary/aromatic N) is 1. The molecule has 0 aliphatic heterocycles. The van der Waals surface area contributed by atoms with Crippen molar-refractivity contribution in [2.24, 2.45) is 5.73 Å². The van der Waals surface area contributed by atoms with Gasteiger partial charge in [-0.05, 0) is 42.8 Å². The van der Waals surface area contributed by atoms with E-state index < -0.39 is 33.3 Å². The second-order valence-corrected chi connectivity index (χ2v) is 8.03. The standard InChI is InChI=1S/C18H15F3N2O2S/c1-9(22)17-16(10-5-12(20)7-13(21)6-10)18(26(2,24)25)14-8-11(19)3-4-15(14)23-17/h3-9H,22H2,1-2H3. The summed E-state index contributed by atoms with van der Waals surface area (Å²) in [5.74, 6) is -2.42. The minimum atomic E-state index is -3.91. The van der Waals surface area contributed by atoms with Gasteiger partial charge in [-0.15, -0.1) is 0 Å². The number of fused-ring (bicyclic) bond motifs is 1. The van der Waals surface area contributed by atoms with E-state index in [1.54, 1.807) is 6.92 Å². The van der Waals surface area contributed by atoms with Crippen LogP contribution in [0.2, 0.25) is 0 Å². The highest BCUT2D eigenvalue weighted by atomic mass is 32.2. The van der Waals surface area contributed by atoms with Gasteiger partial charge in [-0.25, -0.2) is 21.6 Å². The summed E-state index contributed by atoms with van der Waals surface area (Å²) in [7, 11) is -3.91. The Kier molecular flexibility index (Phi) is 4.49. The van der Waals surface area contributed by atoms with Crippen molar-refractivity contribution in [2.75, 3.05) is 6.26 Å². The number of aromatic nitrogens is 1. The monoisotopic (exact) mass is 380 g/mol. The number of pyridine rings is 1. The van der Waals surface area contributed by atoms with Gasteiger partial charge in [0.1, 0.15) is 17.5 Å². The van der Waals surface area contributed by atoms with Crippen LogP contribution in [0.4, 0.5) is 13.2 Å². The summed E-state index contributed by atoms with van der Waals surface area (Å²) >= 11 is 0. The van der Waals surface area contributed by atoms with Gasteiger partial charge in [-0.3, -0.25) is 4.98 Å². The quantitative estimate of drug-likeness (QED) is 0.751. The van der Waals surface area contributed by atoms with Crippen molar-refractivity contribution in [2.45, 2.75) is 17.9 Å². The molecule has 2 aromatic carbocycles. The second kappa shape index (κ2) is 6.37. The number of hydrogen-bond acceptors (Lipinski definition) is 4. The lowest BCUT2D eigenvalue weighted by Gasteiger charge is -2.18. The van der Waals surface area contributed by atoms with Crippen LogP contribution in [0.15, 0.2) is 41.3 Å². The van der Waals surface area contributed by atoms with Crippen LogP contribution < -0.4 is 5.73 Å². The molecule has 0 spiro atoms. The summed E-state index contributed by atoms with van der Waals surface area (Å²) in [5.41, 5.74) is 6.25. The molecule has 0 fully saturated rings. The van der Waals surface area contributed by atoms with Crippen LogP contribution in [0.1, 0.15) is 18.7 Å². The molecule has 1 heterocycles. The molecule has 3 aromatic rings. The van der Waals surface area contributed by atoms with Crippen molar-refractivity contribution < 1.29 is 21.6 Å². The minimum absolute atomic E-state index is 0.0246. The maximum atomic E-state index is 13.8. The molecule has 0 saturated carbocycles. The number of benzene rings is 2. The highest BCUT2D eigenvalue weighted by molar-refractivity contribution is 7.91. The molecule has 4 nitrogen and oxygen atoms in total. The van der Waals surface area contributed by atoms with E-state index in [1.165, 1.54) is 6.07 Å². The summed E-state index contributed by atoms with van der Waals surface area (Å²) < 4.78 is 66.3. The van der Waals surface area contributed by atoms with E-state index in [9.17, 15) is 21.6 Å². The molecule has 0 aliphatic carbocycles. The Labute approximate surface area is 148 Å². The Hall–Kier alpha value is -2.45. The zero-order valence-corrected chi connectivity index (χ0v) is 14.7. The molecular weight excluding hydrogens is 365 g/mol. The summed E-state index contributed by atoms with van der Waals surface area (Å²) in [6.45, 7) is 1.57. The van der Waals surface area contributed by atoms with Crippen LogP contribution in [0.5, 0.6) is 0 Å². The van der Waals surface area contributed by atoms with E-state index in [0.29, 0.717) is 6.07 Å². The summed E-state index contributed by atoms with van der Waals surface area (Å²) in [6.07, 6.45) is 0.941. The molecule has 1 unspecified atom stereocenters. The molecule has 0 aliphatic rings. The van der Waals surface area contributed by atoms with Crippen LogP contribution in [-0.4, -0.2) is 19.7 Å². The molecule has 0 bridgehead atoms. The van der Waals surface area contributed by atoms with Crippen LogP contribution in [0.25, 0.3) is 22.0 Å². The van der Waals surface area contributed by atoms with Crippen molar-refractivity contribution in [3.63, 3.8) is 0 Å². The Morgan fingerprint density at radius 2 is 1.62 bits per heavy atom. The van der Waals surface area contributed by atoms with E-state index in [2.05, 4.69) is 4.98 Å². The first kappa shape index (κ1) is 18.3. The Morgan fingerprint density at radius 3 is 2.15 bits per heavy atom. The molecule has 26 heavy (non-hydrogen) atoms. The smallest absolute Gasteiger partial charge is 0.176 e. The fourth-order valence-electron chi connectivity index (χ4n) is 2.92. The van der Waals surface area contributed by atoms with Crippen molar-refractivity contribution in [1.29, 1.82) is 0 Å². The first-order chi connectivity index (χ1) is 12.1. The fourth-order valence-corrected chi connectivity index (χ4v) is 4.07. The van der Waals surface area contributed by atoms with Crippen LogP contribution in [0, 0.1) is 17.5 Å². The molecule has 1 aromatic heterocycles. The van der Waals surface area contributed by atoms with Gasteiger partial charge >= 0.3 is 0 Å². The number of sulfone groups is 1. The van der Waals surface area contributed by atoms with Gasteiger partial charge in [-0.2, -0.15) is 0 Å². The maximum absolute atomic E-state index is 13.8. The zero-order valence-electron chi connectivity index (χ0n) is 13.9. The van der Waals surface area contributed by atoms with Crippen LogP contribution in [0.3, 0.4) is 0 Å². The van der Waals surface area contributed by atoms with Crippen molar-refractivity contribution in [3.8, 4) is 11.1 Å². The Bertz CT molecular complexity index is 1110. The Balaban J connectivity index is 2.59. The molecule has 3 rings (SSSR count). The Morgan fingerprint density at radius 1 is 1.00 bits per heavy atom. The summed E-state index contributed by atoms with van der Waals surface area (Å²) in [6, 6.07) is 5.44. The highest BCUT2D eigenvalue weighted by Gasteiger charge is 2.26. The molecule has 0 amide bonds. The number of halogens is 3. The highest BCUT2D eigenvalue weighted by Crippen LogP contribution is 2.38. The molecule has 8 heteroatoms. The third-order valence-corrected chi connectivity index (χ3v) is 5.05. The van der Waals surface area contributed by atoms with Gasteiger partial charge < -0.3 is 5.73 Å². The van der Waals surface area contributed by atoms with E-state index in [0.717, 1.165) is 30.5 Å². The zero-order chi connectivity index (χ0) is 19.2. The molecule has 2 N–H and O–H groups in total. The summed E-state index contributed by atoms with van der Waals surface area (Å²) in [4.78, 5) is 4.06. The predicted molar refractivity (Wildman–Crippen MR) is 92.8 cm³/mol. The topological polar surface area (TPSA) is 73.0 Å². The maximum Gasteiger partial charge on any atom is 0.176 e. The lowest BCUT2D eigenvalue weighted by atomic mass is 9.98. The lowest BCUT2D eigenvalue weighted by molar-refractivity contribution is 0.583. The van der Waals surface area contributed by atoms with Gasteiger partial charge in [0.2, 0.25) is 0 Å². The largest absolute Gasteiger partial charge is 0.323 e. The van der Waals surface area contributed by atoms with Crippen LogP contribution >= 0.6 is 0 Å². The normalized spacial score (nSPS) is 13.2. The van der Waals surface area contributed by atoms with Crippen molar-refractivity contribution in [1.82, 2.24) is 4.98 Å².